The van der Waals surface area contributed by atoms with E-state index in [0.717, 1.165) is 25.9 Å². The second kappa shape index (κ2) is 6.25. The molecule has 0 aliphatic carbocycles. The number of nitrogens with zero attached hydrogens (tertiary/aromatic N) is 1. The lowest BCUT2D eigenvalue weighted by Gasteiger charge is -2.24. The molecule has 0 saturated carbocycles. The number of carbonyl (C=O) groups excluding carboxylic acids is 1. The van der Waals surface area contributed by atoms with Crippen LogP contribution < -0.4 is 0 Å². The van der Waals surface area contributed by atoms with Gasteiger partial charge in [0.15, 0.2) is 0 Å². The average molecular weight is 204 g/mol. The van der Waals surface area contributed by atoms with Crippen molar-refractivity contribution in [2.45, 2.75) is 38.5 Å². The second-order valence-electron chi connectivity index (χ2n) is 3.59. The van der Waals surface area contributed by atoms with Crippen molar-refractivity contribution in [3.8, 4) is 0 Å². The van der Waals surface area contributed by atoms with Gasteiger partial charge in [0.05, 0.1) is 0 Å². The molecule has 2 nitrogen and oxygen atoms in total. The summed E-state index contributed by atoms with van der Waals surface area (Å²) in [5.41, 5.74) is 0. The van der Waals surface area contributed by atoms with E-state index in [2.05, 4.69) is 0 Å². The number of hydrogen-bond acceptors (Lipinski definition) is 1. The highest BCUT2D eigenvalue weighted by Crippen LogP contribution is 2.11. The fraction of sp³-hybridized carbons (Fsp3) is 0.900. The molecule has 76 valence electrons. The average Bonchev–Trinajstić information content (AvgIpc) is 2.03. The Bertz CT molecular complexity index is 153. The van der Waals surface area contributed by atoms with Crippen LogP contribution in [0.15, 0.2) is 0 Å². The third kappa shape index (κ3) is 3.99. The minimum atomic E-state index is 0.233. The van der Waals surface area contributed by atoms with E-state index in [4.69, 9.17) is 11.6 Å². The van der Waals surface area contributed by atoms with Gasteiger partial charge in [0.25, 0.3) is 0 Å². The zero-order valence-corrected chi connectivity index (χ0v) is 8.85. The number of alkyl halides is 1. The minimum Gasteiger partial charge on any atom is -0.343 e. The number of hydrogen-bond donors (Lipinski definition) is 0. The molecule has 0 aromatic rings. The van der Waals surface area contributed by atoms with Crippen molar-refractivity contribution >= 4 is 17.5 Å². The highest BCUT2D eigenvalue weighted by molar-refractivity contribution is 6.18. The third-order valence-corrected chi connectivity index (χ3v) is 2.71. The highest BCUT2D eigenvalue weighted by atomic mass is 35.5. The molecule has 1 aliphatic rings. The first-order valence-electron chi connectivity index (χ1n) is 5.18. The number of amides is 1. The first kappa shape index (κ1) is 10.8. The minimum absolute atomic E-state index is 0.233. The quantitative estimate of drug-likeness (QED) is 0.632. The molecule has 1 heterocycles. The molecule has 0 aromatic carbocycles. The Morgan fingerprint density at radius 1 is 1.08 bits per heavy atom. The van der Waals surface area contributed by atoms with Crippen LogP contribution in [0.1, 0.15) is 38.5 Å². The maximum absolute atomic E-state index is 11.5. The van der Waals surface area contributed by atoms with E-state index in [1.54, 1.807) is 0 Å². The van der Waals surface area contributed by atoms with Gasteiger partial charge in [-0.05, 0) is 12.8 Å². The molecular weight excluding hydrogens is 186 g/mol. The molecule has 0 bridgehead atoms. The van der Waals surface area contributed by atoms with E-state index >= 15 is 0 Å². The van der Waals surface area contributed by atoms with Crippen LogP contribution in [0.2, 0.25) is 0 Å². The number of halogens is 1. The van der Waals surface area contributed by atoms with Crippen LogP contribution in [0.4, 0.5) is 0 Å². The van der Waals surface area contributed by atoms with Crippen molar-refractivity contribution in [3.05, 3.63) is 0 Å². The van der Waals surface area contributed by atoms with Crippen molar-refractivity contribution < 1.29 is 4.79 Å². The molecular formula is C10H18ClNO. The molecule has 0 atom stereocenters. The van der Waals surface area contributed by atoms with E-state index in [1.165, 1.54) is 19.3 Å². The first-order valence-corrected chi connectivity index (χ1v) is 5.72. The van der Waals surface area contributed by atoms with Gasteiger partial charge in [-0.25, -0.2) is 0 Å². The summed E-state index contributed by atoms with van der Waals surface area (Å²) in [7, 11) is 0. The van der Waals surface area contributed by atoms with Gasteiger partial charge in [0, 0.05) is 25.4 Å². The molecule has 1 fully saturated rings. The zero-order chi connectivity index (χ0) is 9.52. The third-order valence-electron chi connectivity index (χ3n) is 2.52. The Morgan fingerprint density at radius 2 is 1.62 bits per heavy atom. The standard InChI is InChI=1S/C10H18ClNO/c11-7-6-10(13)12-8-4-2-1-3-5-9-12/h1-9H2. The van der Waals surface area contributed by atoms with Crippen LogP contribution in [-0.4, -0.2) is 29.8 Å². The SMILES string of the molecule is O=C(CCCl)N1CCCCCCC1. The molecule has 1 aliphatic heterocycles. The topological polar surface area (TPSA) is 20.3 Å². The van der Waals surface area contributed by atoms with Crippen LogP contribution >= 0.6 is 11.6 Å². The molecule has 13 heavy (non-hydrogen) atoms. The van der Waals surface area contributed by atoms with E-state index in [-0.39, 0.29) is 5.91 Å². The van der Waals surface area contributed by atoms with Gasteiger partial charge in [-0.1, -0.05) is 19.3 Å². The summed E-state index contributed by atoms with van der Waals surface area (Å²) in [5, 5.41) is 0. The summed E-state index contributed by atoms with van der Waals surface area (Å²) >= 11 is 5.54. The van der Waals surface area contributed by atoms with Gasteiger partial charge in [-0.15, -0.1) is 11.6 Å². The van der Waals surface area contributed by atoms with Crippen LogP contribution in [-0.2, 0) is 4.79 Å². The van der Waals surface area contributed by atoms with Crippen LogP contribution in [0.3, 0.4) is 0 Å². The van der Waals surface area contributed by atoms with Crippen molar-refractivity contribution in [2.75, 3.05) is 19.0 Å². The lowest BCUT2D eigenvalue weighted by molar-refractivity contribution is -0.131. The summed E-state index contributed by atoms with van der Waals surface area (Å²) in [6.07, 6.45) is 6.69. The Labute approximate surface area is 85.2 Å². The van der Waals surface area contributed by atoms with Gasteiger partial charge >= 0.3 is 0 Å². The molecule has 1 rings (SSSR count). The van der Waals surface area contributed by atoms with Gasteiger partial charge < -0.3 is 4.90 Å². The molecule has 0 spiro atoms. The zero-order valence-electron chi connectivity index (χ0n) is 8.10. The van der Waals surface area contributed by atoms with Crippen LogP contribution in [0, 0.1) is 0 Å². The van der Waals surface area contributed by atoms with Crippen molar-refractivity contribution in [2.24, 2.45) is 0 Å². The summed E-state index contributed by atoms with van der Waals surface area (Å²) < 4.78 is 0. The summed E-state index contributed by atoms with van der Waals surface area (Å²) in [4.78, 5) is 13.5. The Hall–Kier alpha value is -0.240. The van der Waals surface area contributed by atoms with E-state index in [1.807, 2.05) is 4.90 Å². The first-order chi connectivity index (χ1) is 6.34. The smallest absolute Gasteiger partial charge is 0.223 e. The summed E-state index contributed by atoms with van der Waals surface area (Å²) in [6.45, 7) is 1.88. The monoisotopic (exact) mass is 203 g/mol. The van der Waals surface area contributed by atoms with Crippen molar-refractivity contribution in [1.29, 1.82) is 0 Å². The van der Waals surface area contributed by atoms with E-state index in [9.17, 15) is 4.79 Å². The van der Waals surface area contributed by atoms with Crippen LogP contribution in [0.5, 0.6) is 0 Å². The van der Waals surface area contributed by atoms with Gasteiger partial charge in [-0.2, -0.15) is 0 Å². The molecule has 3 heteroatoms. The predicted molar refractivity (Wildman–Crippen MR) is 55.0 cm³/mol. The summed E-state index contributed by atoms with van der Waals surface area (Å²) in [5.74, 6) is 0.687. The van der Waals surface area contributed by atoms with Crippen molar-refractivity contribution in [1.82, 2.24) is 4.90 Å². The maximum Gasteiger partial charge on any atom is 0.223 e. The van der Waals surface area contributed by atoms with Gasteiger partial charge in [0.2, 0.25) is 5.91 Å². The fourth-order valence-electron chi connectivity index (χ4n) is 1.74. The Balaban J connectivity index is 2.32. The Kier molecular flexibility index (Phi) is 5.21. The van der Waals surface area contributed by atoms with Gasteiger partial charge in [-0.3, -0.25) is 4.79 Å². The molecule has 0 aromatic heterocycles. The molecule has 0 unspecified atom stereocenters. The predicted octanol–water partition coefficient (Wildman–Crippen LogP) is 2.41. The number of carbonyl (C=O) groups is 1. The normalized spacial score (nSPS) is 19.3. The van der Waals surface area contributed by atoms with E-state index in [0.29, 0.717) is 12.3 Å². The maximum atomic E-state index is 11.5. The molecule has 1 amide bonds. The lowest BCUT2D eigenvalue weighted by atomic mass is 10.1. The van der Waals surface area contributed by atoms with Gasteiger partial charge in [0.1, 0.15) is 0 Å². The van der Waals surface area contributed by atoms with E-state index < -0.39 is 0 Å². The fourth-order valence-corrected chi connectivity index (χ4v) is 1.90. The highest BCUT2D eigenvalue weighted by Gasteiger charge is 2.13. The van der Waals surface area contributed by atoms with Crippen LogP contribution in [0.25, 0.3) is 0 Å². The molecule has 1 saturated heterocycles. The molecule has 0 N–H and O–H groups in total. The lowest BCUT2D eigenvalue weighted by Crippen LogP contribution is -2.33. The Morgan fingerprint density at radius 3 is 2.15 bits per heavy atom. The second-order valence-corrected chi connectivity index (χ2v) is 3.97. The largest absolute Gasteiger partial charge is 0.343 e. The number of likely N-dealkylation sites (tertiary alicyclic amines) is 1. The summed E-state index contributed by atoms with van der Waals surface area (Å²) in [6, 6.07) is 0. The molecule has 0 radical (unpaired) electrons. The number of rotatable bonds is 2. The van der Waals surface area contributed by atoms with Crippen molar-refractivity contribution in [3.63, 3.8) is 0 Å².